The Hall–Kier alpha value is -1.03. The van der Waals surface area contributed by atoms with Crippen LogP contribution >= 0.6 is 11.8 Å². The van der Waals surface area contributed by atoms with Gasteiger partial charge in [0, 0.05) is 11.7 Å². The molecule has 88 valence electrons. The van der Waals surface area contributed by atoms with Gasteiger partial charge in [0.2, 0.25) is 5.91 Å². The summed E-state index contributed by atoms with van der Waals surface area (Å²) in [6.07, 6.45) is 1.89. The maximum Gasteiger partial charge on any atom is 0.237 e. The van der Waals surface area contributed by atoms with Crippen molar-refractivity contribution >= 4 is 23.4 Å². The highest BCUT2D eigenvalue weighted by molar-refractivity contribution is 7.99. The van der Waals surface area contributed by atoms with Gasteiger partial charge in [-0.3, -0.25) is 4.79 Å². The van der Waals surface area contributed by atoms with Crippen molar-refractivity contribution in [2.45, 2.75) is 19.9 Å². The molecule has 0 atom stereocenters. The van der Waals surface area contributed by atoms with Gasteiger partial charge in [-0.25, -0.2) is 4.39 Å². The molecule has 0 unspecified atom stereocenters. The number of thioether (sulfide) groups is 1. The second-order valence-electron chi connectivity index (χ2n) is 3.77. The lowest BCUT2D eigenvalue weighted by atomic mass is 10.2. The summed E-state index contributed by atoms with van der Waals surface area (Å²) < 4.78 is 12.8. The first kappa shape index (κ1) is 13.0. The SMILES string of the molecule is CSCC(=O)N(c1ccc(F)cc1)C(C)C. The summed E-state index contributed by atoms with van der Waals surface area (Å²) in [5.41, 5.74) is 0.746. The fourth-order valence-electron chi connectivity index (χ4n) is 1.52. The second-order valence-corrected chi connectivity index (χ2v) is 4.63. The average molecular weight is 241 g/mol. The third-order valence-corrected chi connectivity index (χ3v) is 2.69. The molecular formula is C12H16FNOS. The van der Waals surface area contributed by atoms with Crippen LogP contribution in [0.3, 0.4) is 0 Å². The van der Waals surface area contributed by atoms with Crippen LogP contribution in [-0.4, -0.2) is 24.0 Å². The van der Waals surface area contributed by atoms with Crippen LogP contribution in [0.15, 0.2) is 24.3 Å². The summed E-state index contributed by atoms with van der Waals surface area (Å²) in [7, 11) is 0. The number of anilines is 1. The third kappa shape index (κ3) is 3.23. The number of carbonyl (C=O) groups excluding carboxylic acids is 1. The summed E-state index contributed by atoms with van der Waals surface area (Å²) >= 11 is 1.49. The van der Waals surface area contributed by atoms with Gasteiger partial charge >= 0.3 is 0 Å². The number of hydrogen-bond donors (Lipinski definition) is 0. The van der Waals surface area contributed by atoms with Gasteiger partial charge in [-0.1, -0.05) is 0 Å². The lowest BCUT2D eigenvalue weighted by Crippen LogP contribution is -2.38. The van der Waals surface area contributed by atoms with Gasteiger partial charge < -0.3 is 4.90 Å². The number of nitrogens with zero attached hydrogens (tertiary/aromatic N) is 1. The number of carbonyl (C=O) groups is 1. The minimum atomic E-state index is -0.287. The Bertz CT molecular complexity index is 351. The second kappa shape index (κ2) is 5.89. The van der Waals surface area contributed by atoms with E-state index in [2.05, 4.69) is 0 Å². The Balaban J connectivity index is 2.93. The van der Waals surface area contributed by atoms with E-state index >= 15 is 0 Å². The largest absolute Gasteiger partial charge is 0.309 e. The monoisotopic (exact) mass is 241 g/mol. The Kier molecular flexibility index (Phi) is 4.80. The highest BCUT2D eigenvalue weighted by Crippen LogP contribution is 2.18. The number of benzene rings is 1. The molecule has 0 bridgehead atoms. The molecule has 2 nitrogen and oxygen atoms in total. The lowest BCUT2D eigenvalue weighted by Gasteiger charge is -2.26. The summed E-state index contributed by atoms with van der Waals surface area (Å²) in [6.45, 7) is 3.89. The van der Waals surface area contributed by atoms with Gasteiger partial charge in [-0.2, -0.15) is 11.8 Å². The molecule has 1 amide bonds. The number of halogens is 1. The van der Waals surface area contributed by atoms with Gasteiger partial charge in [-0.05, 0) is 44.4 Å². The van der Waals surface area contributed by atoms with Crippen LogP contribution in [0, 0.1) is 5.82 Å². The van der Waals surface area contributed by atoms with Crippen LogP contribution in [0.2, 0.25) is 0 Å². The number of hydrogen-bond acceptors (Lipinski definition) is 2. The van der Waals surface area contributed by atoms with E-state index in [-0.39, 0.29) is 17.8 Å². The molecule has 0 heterocycles. The zero-order chi connectivity index (χ0) is 12.1. The van der Waals surface area contributed by atoms with E-state index in [0.29, 0.717) is 5.75 Å². The molecule has 0 fully saturated rings. The predicted molar refractivity (Wildman–Crippen MR) is 67.4 cm³/mol. The minimum Gasteiger partial charge on any atom is -0.309 e. The Morgan fingerprint density at radius 2 is 1.94 bits per heavy atom. The summed E-state index contributed by atoms with van der Waals surface area (Å²) in [5, 5.41) is 0. The standard InChI is InChI=1S/C12H16FNOS/c1-9(2)14(12(15)8-16-3)11-6-4-10(13)5-7-11/h4-7,9H,8H2,1-3H3. The van der Waals surface area contributed by atoms with Crippen molar-refractivity contribution in [2.24, 2.45) is 0 Å². The molecule has 0 N–H and O–H groups in total. The van der Waals surface area contributed by atoms with Crippen molar-refractivity contribution in [1.29, 1.82) is 0 Å². The van der Waals surface area contributed by atoms with Crippen molar-refractivity contribution < 1.29 is 9.18 Å². The van der Waals surface area contributed by atoms with E-state index in [1.165, 1.54) is 23.9 Å². The summed E-state index contributed by atoms with van der Waals surface area (Å²) in [6, 6.07) is 6.08. The van der Waals surface area contributed by atoms with Crippen molar-refractivity contribution in [1.82, 2.24) is 0 Å². The quantitative estimate of drug-likeness (QED) is 0.807. The van der Waals surface area contributed by atoms with Crippen LogP contribution < -0.4 is 4.90 Å². The van der Waals surface area contributed by atoms with E-state index < -0.39 is 0 Å². The molecule has 1 aromatic rings. The highest BCUT2D eigenvalue weighted by atomic mass is 32.2. The Morgan fingerprint density at radius 1 is 1.38 bits per heavy atom. The molecule has 0 radical (unpaired) electrons. The van der Waals surface area contributed by atoms with E-state index in [9.17, 15) is 9.18 Å². The van der Waals surface area contributed by atoms with Crippen molar-refractivity contribution in [2.75, 3.05) is 16.9 Å². The molecule has 0 saturated heterocycles. The first-order valence-corrected chi connectivity index (χ1v) is 6.52. The van der Waals surface area contributed by atoms with Gasteiger partial charge in [0.05, 0.1) is 5.75 Å². The van der Waals surface area contributed by atoms with Crippen LogP contribution in [-0.2, 0) is 4.79 Å². The van der Waals surface area contributed by atoms with E-state index in [0.717, 1.165) is 5.69 Å². The molecule has 0 aromatic heterocycles. The normalized spacial score (nSPS) is 10.6. The van der Waals surface area contributed by atoms with Crippen LogP contribution in [0.5, 0.6) is 0 Å². The smallest absolute Gasteiger partial charge is 0.237 e. The van der Waals surface area contributed by atoms with Gasteiger partial charge in [-0.15, -0.1) is 0 Å². The topological polar surface area (TPSA) is 20.3 Å². The molecule has 0 spiro atoms. The van der Waals surface area contributed by atoms with E-state index in [1.807, 2.05) is 20.1 Å². The first-order chi connectivity index (χ1) is 7.56. The number of rotatable bonds is 4. The molecule has 1 rings (SSSR count). The van der Waals surface area contributed by atoms with Crippen LogP contribution in [0.4, 0.5) is 10.1 Å². The first-order valence-electron chi connectivity index (χ1n) is 5.13. The Labute approximate surface area is 99.8 Å². The average Bonchev–Trinajstić information content (AvgIpc) is 2.21. The van der Waals surface area contributed by atoms with Gasteiger partial charge in [0.25, 0.3) is 0 Å². The molecule has 0 aliphatic rings. The van der Waals surface area contributed by atoms with Crippen LogP contribution in [0.1, 0.15) is 13.8 Å². The molecule has 16 heavy (non-hydrogen) atoms. The highest BCUT2D eigenvalue weighted by Gasteiger charge is 2.18. The molecule has 0 saturated carbocycles. The van der Waals surface area contributed by atoms with Crippen molar-refractivity contribution in [3.63, 3.8) is 0 Å². The molecule has 1 aromatic carbocycles. The summed E-state index contributed by atoms with van der Waals surface area (Å²) in [5.74, 6) is 0.203. The molecule has 0 aliphatic heterocycles. The van der Waals surface area contributed by atoms with E-state index in [4.69, 9.17) is 0 Å². The zero-order valence-corrected chi connectivity index (χ0v) is 10.6. The molecular weight excluding hydrogens is 225 g/mol. The maximum atomic E-state index is 12.8. The molecule has 0 aliphatic carbocycles. The van der Waals surface area contributed by atoms with Crippen molar-refractivity contribution in [3.05, 3.63) is 30.1 Å². The molecule has 4 heteroatoms. The van der Waals surface area contributed by atoms with Crippen LogP contribution in [0.25, 0.3) is 0 Å². The van der Waals surface area contributed by atoms with E-state index in [1.54, 1.807) is 17.0 Å². The Morgan fingerprint density at radius 3 is 2.38 bits per heavy atom. The summed E-state index contributed by atoms with van der Waals surface area (Å²) in [4.78, 5) is 13.6. The minimum absolute atomic E-state index is 0.0501. The lowest BCUT2D eigenvalue weighted by molar-refractivity contribution is -0.116. The fraction of sp³-hybridized carbons (Fsp3) is 0.417. The predicted octanol–water partition coefficient (Wildman–Crippen LogP) is 2.93. The zero-order valence-electron chi connectivity index (χ0n) is 9.74. The van der Waals surface area contributed by atoms with Gasteiger partial charge in [0.1, 0.15) is 5.82 Å². The fourth-order valence-corrected chi connectivity index (χ4v) is 1.91. The number of amides is 1. The van der Waals surface area contributed by atoms with Gasteiger partial charge in [0.15, 0.2) is 0 Å². The van der Waals surface area contributed by atoms with Crippen molar-refractivity contribution in [3.8, 4) is 0 Å². The maximum absolute atomic E-state index is 12.8. The third-order valence-electron chi connectivity index (χ3n) is 2.16.